The second-order valence-electron chi connectivity index (χ2n) is 8.81. The fourth-order valence-electron chi connectivity index (χ4n) is 1.76. The maximum absolute atomic E-state index is 12.6. The van der Waals surface area contributed by atoms with Gasteiger partial charge >= 0.3 is 154 Å². The van der Waals surface area contributed by atoms with E-state index in [-0.39, 0.29) is 5.82 Å². The monoisotopic (exact) mass is 459 g/mol. The van der Waals surface area contributed by atoms with Crippen LogP contribution >= 0.6 is 0 Å². The van der Waals surface area contributed by atoms with Crippen LogP contribution in [-0.2, 0) is 9.47 Å². The van der Waals surface area contributed by atoms with E-state index >= 15 is 0 Å². The number of ether oxygens (including phenoxy) is 2. The number of carbonyl (C=O) groups is 2. The van der Waals surface area contributed by atoms with Crippen molar-refractivity contribution in [2.75, 3.05) is 4.90 Å². The van der Waals surface area contributed by atoms with Crippen molar-refractivity contribution in [2.45, 2.75) is 67.6 Å². The molecule has 25 heavy (non-hydrogen) atoms. The summed E-state index contributed by atoms with van der Waals surface area (Å²) in [6.07, 6.45) is -0.278. The van der Waals surface area contributed by atoms with E-state index in [1.807, 2.05) is 0 Å². The number of amides is 2. The Bertz CT molecular complexity index is 615. The van der Waals surface area contributed by atoms with Crippen LogP contribution in [0.25, 0.3) is 0 Å². The first kappa shape index (κ1) is 21.7. The van der Waals surface area contributed by atoms with Gasteiger partial charge in [-0.15, -0.1) is 0 Å². The molecule has 0 aliphatic carbocycles. The molecule has 0 aliphatic rings. The number of carbonyl (C=O) groups excluding carboxylic acids is 2. The second kappa shape index (κ2) is 7.47. The Kier molecular flexibility index (Phi) is 6.47. The van der Waals surface area contributed by atoms with Crippen LogP contribution in [0.2, 0.25) is 14.8 Å². The summed E-state index contributed by atoms with van der Waals surface area (Å²) in [5, 5.41) is 0. The minimum atomic E-state index is -2.52. The zero-order valence-electron chi connectivity index (χ0n) is 16.6. The second-order valence-corrected chi connectivity index (χ2v) is 23.1. The number of hydrogen-bond donors (Lipinski definition) is 0. The van der Waals surface area contributed by atoms with Gasteiger partial charge in [0.2, 0.25) is 0 Å². The number of anilines is 1. The molecule has 0 saturated heterocycles. The summed E-state index contributed by atoms with van der Waals surface area (Å²) in [6, 6.07) is 1.68. The van der Waals surface area contributed by atoms with E-state index in [0.717, 1.165) is 8.61 Å². The first-order chi connectivity index (χ1) is 11.1. The van der Waals surface area contributed by atoms with Gasteiger partial charge in [-0.25, -0.2) is 0 Å². The van der Waals surface area contributed by atoms with Gasteiger partial charge in [0.25, 0.3) is 0 Å². The predicted molar refractivity (Wildman–Crippen MR) is 100.0 cm³/mol. The number of imide groups is 1. The molecular formula is C17H29N3O4Sn. The Balaban J connectivity index is 3.32. The van der Waals surface area contributed by atoms with E-state index in [2.05, 4.69) is 24.8 Å². The SMILES string of the molecule is CC(C)(C)OC(=O)N(C(=O)OC(C)(C)C)c1c[c]([Sn]([CH3])([CH3])[CH3])ncn1. The molecule has 0 N–H and O–H groups in total. The fourth-order valence-corrected chi connectivity index (χ4v) is 4.63. The van der Waals surface area contributed by atoms with Crippen molar-refractivity contribution in [1.29, 1.82) is 0 Å². The van der Waals surface area contributed by atoms with Gasteiger partial charge in [-0.1, -0.05) is 0 Å². The Hall–Kier alpha value is -1.38. The van der Waals surface area contributed by atoms with Crippen LogP contribution < -0.4 is 8.61 Å². The van der Waals surface area contributed by atoms with Crippen LogP contribution in [0.4, 0.5) is 15.4 Å². The molecule has 1 rings (SSSR count). The van der Waals surface area contributed by atoms with Gasteiger partial charge in [0.1, 0.15) is 0 Å². The van der Waals surface area contributed by atoms with Crippen molar-refractivity contribution in [3.63, 3.8) is 0 Å². The topological polar surface area (TPSA) is 81.6 Å². The Labute approximate surface area is 154 Å². The molecule has 0 fully saturated rings. The van der Waals surface area contributed by atoms with Gasteiger partial charge in [-0.2, -0.15) is 0 Å². The number of hydrogen-bond acceptors (Lipinski definition) is 6. The summed E-state index contributed by atoms with van der Waals surface area (Å²) in [4.78, 5) is 41.0. The molecule has 0 spiro atoms. The summed E-state index contributed by atoms with van der Waals surface area (Å²) in [5.74, 6) is 0.167. The quantitative estimate of drug-likeness (QED) is 0.629. The van der Waals surface area contributed by atoms with Gasteiger partial charge in [0.15, 0.2) is 0 Å². The van der Waals surface area contributed by atoms with Crippen molar-refractivity contribution in [2.24, 2.45) is 0 Å². The average molecular weight is 458 g/mol. The molecule has 0 unspecified atom stereocenters. The Morgan fingerprint density at radius 2 is 1.36 bits per heavy atom. The number of aromatic nitrogens is 2. The predicted octanol–water partition coefficient (Wildman–Crippen LogP) is 3.70. The van der Waals surface area contributed by atoms with Gasteiger partial charge in [-0.3, -0.25) is 0 Å². The molecule has 0 saturated carbocycles. The molecule has 1 aromatic rings. The van der Waals surface area contributed by atoms with Crippen LogP contribution in [0.3, 0.4) is 0 Å². The summed E-state index contributed by atoms with van der Waals surface area (Å²) in [6.45, 7) is 10.4. The standard InChI is InChI=1S/C14H20N3O4.3CH3.Sn/c1-13(2,3)20-11(18)17(10-7-8-15-9-16-10)12(19)21-14(4,5)6;;;;/h7,9H,1-6H3;3*1H3;. The van der Waals surface area contributed by atoms with Gasteiger partial charge in [0, 0.05) is 0 Å². The van der Waals surface area contributed by atoms with Crippen molar-refractivity contribution >= 4 is 40.1 Å². The Morgan fingerprint density at radius 3 is 1.72 bits per heavy atom. The van der Waals surface area contributed by atoms with Gasteiger partial charge < -0.3 is 0 Å². The molecule has 0 bridgehead atoms. The molecule has 8 heteroatoms. The third-order valence-corrected chi connectivity index (χ3v) is 7.97. The van der Waals surface area contributed by atoms with Crippen molar-refractivity contribution in [3.8, 4) is 0 Å². The van der Waals surface area contributed by atoms with Crippen LogP contribution in [0.15, 0.2) is 12.4 Å². The third-order valence-electron chi connectivity index (χ3n) is 2.80. The molecular weight excluding hydrogens is 429 g/mol. The summed E-state index contributed by atoms with van der Waals surface area (Å²) in [7, 11) is 0. The van der Waals surface area contributed by atoms with Crippen molar-refractivity contribution in [3.05, 3.63) is 12.4 Å². The first-order valence-electron chi connectivity index (χ1n) is 8.19. The summed E-state index contributed by atoms with van der Waals surface area (Å²) >= 11 is -2.52. The van der Waals surface area contributed by atoms with Crippen LogP contribution in [-0.4, -0.2) is 51.7 Å². The zero-order valence-corrected chi connectivity index (χ0v) is 19.5. The van der Waals surface area contributed by atoms with Crippen LogP contribution in [0, 0.1) is 0 Å². The minimum absolute atomic E-state index is 0.167. The normalized spacial score (nSPS) is 12.5. The van der Waals surface area contributed by atoms with E-state index in [1.165, 1.54) is 6.33 Å². The first-order valence-corrected chi connectivity index (χ1v) is 18.2. The number of rotatable bonds is 2. The number of nitrogens with zero attached hydrogens (tertiary/aromatic N) is 3. The van der Waals surface area contributed by atoms with Crippen LogP contribution in [0.1, 0.15) is 41.5 Å². The van der Waals surface area contributed by atoms with Crippen LogP contribution in [0.5, 0.6) is 0 Å². The molecule has 0 aromatic carbocycles. The van der Waals surface area contributed by atoms with Gasteiger partial charge in [0.05, 0.1) is 0 Å². The van der Waals surface area contributed by atoms with Crippen molar-refractivity contribution < 1.29 is 19.1 Å². The molecule has 7 nitrogen and oxygen atoms in total. The van der Waals surface area contributed by atoms with E-state index in [0.29, 0.717) is 0 Å². The molecule has 1 heterocycles. The molecule has 0 atom stereocenters. The molecule has 0 aliphatic heterocycles. The molecule has 140 valence electrons. The molecule has 2 amide bonds. The maximum atomic E-state index is 12.6. The average Bonchev–Trinajstić information content (AvgIpc) is 2.33. The Morgan fingerprint density at radius 1 is 0.920 bits per heavy atom. The van der Waals surface area contributed by atoms with Crippen molar-refractivity contribution in [1.82, 2.24) is 9.97 Å². The third kappa shape index (κ3) is 7.17. The molecule has 0 radical (unpaired) electrons. The van der Waals surface area contributed by atoms with E-state index < -0.39 is 41.8 Å². The van der Waals surface area contributed by atoms with E-state index in [4.69, 9.17) is 9.47 Å². The zero-order chi connectivity index (χ0) is 19.6. The molecule has 1 aromatic heterocycles. The van der Waals surface area contributed by atoms with Gasteiger partial charge in [-0.05, 0) is 0 Å². The summed E-state index contributed by atoms with van der Waals surface area (Å²) < 4.78 is 11.6. The summed E-state index contributed by atoms with van der Waals surface area (Å²) in [5.41, 5.74) is -1.51. The fraction of sp³-hybridized carbons (Fsp3) is 0.647. The van der Waals surface area contributed by atoms with E-state index in [1.54, 1.807) is 47.6 Å². The van der Waals surface area contributed by atoms with E-state index in [9.17, 15) is 9.59 Å².